The summed E-state index contributed by atoms with van der Waals surface area (Å²) >= 11 is 1.74. The summed E-state index contributed by atoms with van der Waals surface area (Å²) in [4.78, 5) is 12.4. The maximum Gasteiger partial charge on any atom is 0.119 e. The number of carboxylic acid groups (broad SMARTS) is 1. The number of rotatable bonds is 11. The number of carbonyl (C=O) groups is 1. The number of ether oxygens (including phenoxy) is 2. The first kappa shape index (κ1) is 25.4. The number of aromatic nitrogens is 1. The van der Waals surface area contributed by atoms with Crippen molar-refractivity contribution in [1.82, 2.24) is 4.57 Å². The molecule has 0 fully saturated rings. The minimum absolute atomic E-state index is 0. The van der Waals surface area contributed by atoms with Crippen LogP contribution in [-0.4, -0.2) is 36.1 Å². The van der Waals surface area contributed by atoms with Crippen molar-refractivity contribution in [3.63, 3.8) is 0 Å². The second-order valence-electron chi connectivity index (χ2n) is 7.20. The van der Waals surface area contributed by atoms with Crippen LogP contribution in [0.15, 0.2) is 65.6 Å². The molecular weight excluding hydrogens is 422 g/mol. The van der Waals surface area contributed by atoms with Crippen molar-refractivity contribution in [3.8, 4) is 17.0 Å². The molecule has 0 spiro atoms. The lowest BCUT2D eigenvalue weighted by molar-refractivity contribution is -0.316. The van der Waals surface area contributed by atoms with Gasteiger partial charge in [0.05, 0.1) is 12.5 Å². The van der Waals surface area contributed by atoms with Crippen LogP contribution in [0.4, 0.5) is 0 Å². The van der Waals surface area contributed by atoms with Crippen molar-refractivity contribution < 1.29 is 19.4 Å². The molecule has 3 aromatic rings. The summed E-state index contributed by atoms with van der Waals surface area (Å²) in [7, 11) is 0. The minimum Gasteiger partial charge on any atom is -0.547 e. The summed E-state index contributed by atoms with van der Waals surface area (Å²) in [6, 6.07) is 20.3. The highest BCUT2D eigenvalue weighted by Gasteiger charge is 2.11. The fraction of sp³-hybridized carbons (Fsp3) is 0.308. The van der Waals surface area contributed by atoms with Gasteiger partial charge in [-0.1, -0.05) is 24.3 Å². The molecule has 0 amide bonds. The molecule has 0 aliphatic heterocycles. The van der Waals surface area contributed by atoms with Crippen LogP contribution in [0.1, 0.15) is 18.2 Å². The van der Waals surface area contributed by atoms with E-state index < -0.39 is 12.1 Å². The molecule has 0 saturated carbocycles. The van der Waals surface area contributed by atoms with Crippen molar-refractivity contribution in [2.45, 2.75) is 37.8 Å². The zero-order valence-corrected chi connectivity index (χ0v) is 20.0. The molecule has 170 valence electrons. The molecule has 3 rings (SSSR count). The average Bonchev–Trinajstić information content (AvgIpc) is 3.15. The second-order valence-corrected chi connectivity index (χ2v) is 8.08. The minimum atomic E-state index is -1.19. The second kappa shape index (κ2) is 12.3. The van der Waals surface area contributed by atoms with E-state index in [-0.39, 0.29) is 13.8 Å². The van der Waals surface area contributed by atoms with E-state index in [0.717, 1.165) is 17.9 Å². The normalized spacial score (nSPS) is 11.6. The highest BCUT2D eigenvalue weighted by atomic mass is 32.2. The number of aryl methyl sites for hydroxylation is 1. The molecule has 1 atom stereocenters. The lowest BCUT2D eigenvalue weighted by atomic mass is 10.1. The van der Waals surface area contributed by atoms with Gasteiger partial charge in [-0.25, -0.2) is 0 Å². The van der Waals surface area contributed by atoms with Gasteiger partial charge >= 0.3 is 0 Å². The van der Waals surface area contributed by atoms with Crippen LogP contribution < -0.4 is 9.84 Å². The number of hydrogen-bond donors (Lipinski definition) is 0. The third kappa shape index (κ3) is 6.58. The zero-order valence-electron chi connectivity index (χ0n) is 19.2. The Kier molecular flexibility index (Phi) is 9.75. The van der Waals surface area contributed by atoms with Crippen molar-refractivity contribution >= 4 is 17.7 Å². The lowest BCUT2D eigenvalue weighted by Crippen LogP contribution is -2.39. The molecule has 0 aliphatic rings. The largest absolute Gasteiger partial charge is 0.547 e. The lowest BCUT2D eigenvalue weighted by Gasteiger charge is -2.18. The first-order valence-corrected chi connectivity index (χ1v) is 11.6. The Labute approximate surface area is 195 Å². The van der Waals surface area contributed by atoms with E-state index in [1.54, 1.807) is 18.7 Å². The molecule has 0 bridgehead atoms. The summed E-state index contributed by atoms with van der Waals surface area (Å²) in [6.45, 7) is 5.47. The molecule has 0 aliphatic carbocycles. The van der Waals surface area contributed by atoms with Crippen LogP contribution in [0.25, 0.3) is 11.3 Å². The number of carboxylic acids is 1. The van der Waals surface area contributed by atoms with Crippen LogP contribution >= 0.6 is 11.8 Å². The summed E-state index contributed by atoms with van der Waals surface area (Å²) in [5, 5.41) is 11.1. The number of benzene rings is 2. The summed E-state index contributed by atoms with van der Waals surface area (Å²) in [5.74, 6) is -0.441. The summed E-state index contributed by atoms with van der Waals surface area (Å²) in [5.41, 5.74) is 4.42. The predicted molar refractivity (Wildman–Crippen MR) is 129 cm³/mol. The predicted octanol–water partition coefficient (Wildman–Crippen LogP) is 4.41. The van der Waals surface area contributed by atoms with Crippen LogP contribution in [0.3, 0.4) is 0 Å². The number of hydrogen-bond acceptors (Lipinski definition) is 5. The molecule has 1 heterocycles. The van der Waals surface area contributed by atoms with Crippen LogP contribution in [0.2, 0.25) is 0 Å². The summed E-state index contributed by atoms with van der Waals surface area (Å²) < 4.78 is 13.4. The highest BCUT2D eigenvalue weighted by Crippen LogP contribution is 2.25. The molecule has 2 aromatic carbocycles. The van der Waals surface area contributed by atoms with Crippen LogP contribution in [0, 0.1) is 14.4 Å². The molecule has 0 N–H and O–H groups in total. The molecule has 6 heteroatoms. The molecule has 0 unspecified atom stereocenters. The molecule has 0 saturated heterocycles. The van der Waals surface area contributed by atoms with E-state index in [1.165, 1.54) is 21.8 Å². The third-order valence-electron chi connectivity index (χ3n) is 5.14. The monoisotopic (exact) mass is 453 g/mol. The van der Waals surface area contributed by atoms with Crippen LogP contribution in [0.5, 0.6) is 5.75 Å². The van der Waals surface area contributed by atoms with E-state index in [9.17, 15) is 9.90 Å². The topological polar surface area (TPSA) is 63.5 Å². The Morgan fingerprint density at radius 1 is 1.06 bits per heavy atom. The van der Waals surface area contributed by atoms with Gasteiger partial charge in [-0.2, -0.15) is 0 Å². The van der Waals surface area contributed by atoms with Crippen molar-refractivity contribution in [3.05, 3.63) is 79.3 Å². The number of carbonyl (C=O) groups excluding carboxylic acids is 1. The van der Waals surface area contributed by atoms with Gasteiger partial charge < -0.3 is 23.9 Å². The molecule has 5 nitrogen and oxygen atoms in total. The van der Waals surface area contributed by atoms with Crippen molar-refractivity contribution in [2.24, 2.45) is 0 Å². The van der Waals surface area contributed by atoms with E-state index >= 15 is 0 Å². The Hall–Kier alpha value is -2.83. The van der Waals surface area contributed by atoms with Crippen molar-refractivity contribution in [1.29, 1.82) is 0 Å². The smallest absolute Gasteiger partial charge is 0.119 e. The Morgan fingerprint density at radius 2 is 1.75 bits per heavy atom. The molecule has 1 aromatic heterocycles. The first-order chi connectivity index (χ1) is 15.0. The Bertz CT molecular complexity index is 980. The maximum atomic E-state index is 11.1. The van der Waals surface area contributed by atoms with Gasteiger partial charge in [-0.15, -0.1) is 11.8 Å². The van der Waals surface area contributed by atoms with Gasteiger partial charge in [-0.05, 0) is 67.6 Å². The first-order valence-electron chi connectivity index (χ1n) is 10.4. The molecular formula is C26H31NO4S. The van der Waals surface area contributed by atoms with Crippen molar-refractivity contribution in [2.75, 3.05) is 19.5 Å². The number of aliphatic carboxylic acids is 1. The Morgan fingerprint density at radius 3 is 2.34 bits per heavy atom. The number of nitrogens with zero attached hydrogens (tertiary/aromatic N) is 1. The average molecular weight is 454 g/mol. The SMILES string of the molecule is CCO[C@@H](Cc1ccc(OCCn2c(C)ccc2-c2ccc(SC)cc2)cc1)C(=O)[O-].[CH3+]. The van der Waals surface area contributed by atoms with Gasteiger partial charge in [0.25, 0.3) is 0 Å². The van der Waals surface area contributed by atoms with Gasteiger partial charge in [0.2, 0.25) is 0 Å². The third-order valence-corrected chi connectivity index (χ3v) is 5.89. The highest BCUT2D eigenvalue weighted by molar-refractivity contribution is 7.98. The summed E-state index contributed by atoms with van der Waals surface area (Å²) in [6.07, 6.45) is 1.42. The van der Waals surface area contributed by atoms with E-state index in [2.05, 4.69) is 54.1 Å². The van der Waals surface area contributed by atoms with Gasteiger partial charge in [0.15, 0.2) is 0 Å². The van der Waals surface area contributed by atoms with E-state index in [4.69, 9.17) is 9.47 Å². The Balaban J connectivity index is 0.00000363. The molecule has 0 radical (unpaired) electrons. The zero-order chi connectivity index (χ0) is 22.2. The number of thioether (sulfide) groups is 1. The quantitative estimate of drug-likeness (QED) is 0.318. The van der Waals surface area contributed by atoms with Gasteiger partial charge in [-0.3, -0.25) is 0 Å². The van der Waals surface area contributed by atoms with Gasteiger partial charge in [0.1, 0.15) is 18.5 Å². The van der Waals surface area contributed by atoms with E-state index in [0.29, 0.717) is 13.2 Å². The van der Waals surface area contributed by atoms with E-state index in [1.807, 2.05) is 24.3 Å². The molecule has 32 heavy (non-hydrogen) atoms. The standard InChI is InChI=1S/C25H29NO4S.CH3/c1-4-29-24(25(27)28)17-19-6-10-21(11-7-19)30-16-15-26-18(2)5-14-23(26)20-8-12-22(31-3)13-9-20;/h5-14,24H,4,15-17H2,1-3H3,(H,27,28);1H3/q;+1/p-1/t24-;/m0./s1. The van der Waals surface area contributed by atoms with Gasteiger partial charge in [0, 0.05) is 36.7 Å². The fourth-order valence-electron chi connectivity index (χ4n) is 3.48. The fourth-order valence-corrected chi connectivity index (χ4v) is 3.89. The van der Waals surface area contributed by atoms with Crippen LogP contribution in [-0.2, 0) is 22.5 Å². The maximum absolute atomic E-state index is 11.1.